The second kappa shape index (κ2) is 6.44. The molecule has 0 aliphatic carbocycles. The van der Waals surface area contributed by atoms with Crippen molar-refractivity contribution in [3.63, 3.8) is 0 Å². The number of hydrogen-bond donors (Lipinski definition) is 1. The van der Waals surface area contributed by atoms with Crippen LogP contribution in [0.2, 0.25) is 0 Å². The van der Waals surface area contributed by atoms with Crippen molar-refractivity contribution in [2.45, 2.75) is 33.8 Å². The lowest BCUT2D eigenvalue weighted by molar-refractivity contribution is -0.122. The van der Waals surface area contributed by atoms with E-state index < -0.39 is 6.10 Å². The van der Waals surface area contributed by atoms with Crippen LogP contribution in [0.3, 0.4) is 0 Å². The minimum Gasteiger partial charge on any atom is -0.481 e. The molecule has 0 radical (unpaired) electrons. The normalized spacial score (nSPS) is 11.8. The van der Waals surface area contributed by atoms with Gasteiger partial charge in [-0.3, -0.25) is 4.79 Å². The summed E-state index contributed by atoms with van der Waals surface area (Å²) in [5, 5.41) is 2.95. The van der Waals surface area contributed by atoms with E-state index in [0.29, 0.717) is 5.75 Å². The smallest absolute Gasteiger partial charge is 0.265 e. The van der Waals surface area contributed by atoms with Crippen LogP contribution in [0.1, 0.15) is 23.6 Å². The van der Waals surface area contributed by atoms with Gasteiger partial charge >= 0.3 is 0 Å². The molecule has 0 spiro atoms. The molecule has 3 heteroatoms. The van der Waals surface area contributed by atoms with Crippen LogP contribution >= 0.6 is 0 Å². The van der Waals surface area contributed by atoms with E-state index in [1.54, 1.807) is 6.92 Å². The molecule has 0 unspecified atom stereocenters. The Morgan fingerprint density at radius 3 is 2.29 bits per heavy atom. The lowest BCUT2D eigenvalue weighted by Crippen LogP contribution is -2.30. The predicted molar refractivity (Wildman–Crippen MR) is 85.8 cm³/mol. The first-order valence-electron chi connectivity index (χ1n) is 7.08. The van der Waals surface area contributed by atoms with Crippen molar-refractivity contribution in [1.29, 1.82) is 0 Å². The van der Waals surface area contributed by atoms with Crippen LogP contribution < -0.4 is 10.1 Å². The average molecular weight is 283 g/mol. The average Bonchev–Trinajstić information content (AvgIpc) is 2.43. The molecule has 1 N–H and O–H groups in total. The summed E-state index contributed by atoms with van der Waals surface area (Å²) in [5.41, 5.74) is 4.06. The topological polar surface area (TPSA) is 38.3 Å². The molecule has 0 bridgehead atoms. The second-order valence-electron chi connectivity index (χ2n) is 5.33. The highest BCUT2D eigenvalue weighted by Gasteiger charge is 2.16. The zero-order valence-corrected chi connectivity index (χ0v) is 12.9. The zero-order chi connectivity index (χ0) is 15.4. The number of ether oxygens (including phenoxy) is 1. The maximum Gasteiger partial charge on any atom is 0.265 e. The van der Waals surface area contributed by atoms with Gasteiger partial charge < -0.3 is 10.1 Å². The Bertz CT molecular complexity index is 629. The number of rotatable bonds is 4. The van der Waals surface area contributed by atoms with Crippen molar-refractivity contribution in [2.24, 2.45) is 0 Å². The molecule has 110 valence electrons. The largest absolute Gasteiger partial charge is 0.481 e. The third-order valence-electron chi connectivity index (χ3n) is 3.40. The molecule has 2 aromatic carbocycles. The number of benzene rings is 2. The Morgan fingerprint density at radius 2 is 1.67 bits per heavy atom. The van der Waals surface area contributed by atoms with E-state index in [1.807, 2.05) is 63.2 Å². The Labute approximate surface area is 126 Å². The summed E-state index contributed by atoms with van der Waals surface area (Å²) in [4.78, 5) is 12.3. The molecule has 0 fully saturated rings. The van der Waals surface area contributed by atoms with Gasteiger partial charge in [0, 0.05) is 5.69 Å². The molecule has 21 heavy (non-hydrogen) atoms. The van der Waals surface area contributed by atoms with Gasteiger partial charge in [0.05, 0.1) is 0 Å². The molecule has 1 atom stereocenters. The molecule has 0 saturated carbocycles. The van der Waals surface area contributed by atoms with E-state index in [9.17, 15) is 4.79 Å². The van der Waals surface area contributed by atoms with Crippen LogP contribution in [0.15, 0.2) is 42.5 Å². The Morgan fingerprint density at radius 1 is 1.05 bits per heavy atom. The van der Waals surface area contributed by atoms with E-state index in [4.69, 9.17) is 4.74 Å². The van der Waals surface area contributed by atoms with Gasteiger partial charge in [0.25, 0.3) is 5.91 Å². The Balaban J connectivity index is 2.06. The fourth-order valence-electron chi connectivity index (χ4n) is 2.18. The standard InChI is InChI=1S/C18H21NO2/c1-12-7-5-10-16(11-12)21-15(4)18(20)19-17-13(2)8-6-9-14(17)3/h5-11,15H,1-4H3,(H,19,20)/t15-/m0/s1. The van der Waals surface area contributed by atoms with Gasteiger partial charge in [0.15, 0.2) is 6.10 Å². The van der Waals surface area contributed by atoms with E-state index in [-0.39, 0.29) is 5.91 Å². The van der Waals surface area contributed by atoms with Gasteiger partial charge in [-0.25, -0.2) is 0 Å². The molecule has 2 rings (SSSR count). The molecule has 0 aliphatic heterocycles. The van der Waals surface area contributed by atoms with Crippen LogP contribution in [0, 0.1) is 20.8 Å². The van der Waals surface area contributed by atoms with Crippen molar-refractivity contribution in [1.82, 2.24) is 0 Å². The number of hydrogen-bond acceptors (Lipinski definition) is 2. The van der Waals surface area contributed by atoms with Gasteiger partial charge in [-0.2, -0.15) is 0 Å². The molecule has 0 aromatic heterocycles. The zero-order valence-electron chi connectivity index (χ0n) is 12.9. The summed E-state index contributed by atoms with van der Waals surface area (Å²) in [6.07, 6.45) is -0.550. The SMILES string of the molecule is Cc1cccc(O[C@@H](C)C(=O)Nc2c(C)cccc2C)c1. The molecule has 2 aromatic rings. The van der Waals surface area contributed by atoms with E-state index >= 15 is 0 Å². The summed E-state index contributed by atoms with van der Waals surface area (Å²) in [6.45, 7) is 7.71. The number of amides is 1. The summed E-state index contributed by atoms with van der Waals surface area (Å²) < 4.78 is 5.70. The van der Waals surface area contributed by atoms with Crippen LogP contribution in [-0.4, -0.2) is 12.0 Å². The molecule has 3 nitrogen and oxygen atoms in total. The molecule has 1 amide bonds. The molecular formula is C18H21NO2. The quantitative estimate of drug-likeness (QED) is 0.920. The van der Waals surface area contributed by atoms with Crippen LogP contribution in [0.25, 0.3) is 0 Å². The number of nitrogens with one attached hydrogen (secondary N) is 1. The monoisotopic (exact) mass is 283 g/mol. The summed E-state index contributed by atoms with van der Waals surface area (Å²) in [6, 6.07) is 13.6. The van der Waals surface area contributed by atoms with Gasteiger partial charge in [-0.1, -0.05) is 30.3 Å². The summed E-state index contributed by atoms with van der Waals surface area (Å²) >= 11 is 0. The van der Waals surface area contributed by atoms with E-state index in [0.717, 1.165) is 22.4 Å². The van der Waals surface area contributed by atoms with E-state index in [2.05, 4.69) is 5.32 Å². The van der Waals surface area contributed by atoms with Gasteiger partial charge in [-0.05, 0) is 56.5 Å². The van der Waals surface area contributed by atoms with Gasteiger partial charge in [0.2, 0.25) is 0 Å². The molecule has 0 saturated heterocycles. The number of anilines is 1. The Hall–Kier alpha value is -2.29. The predicted octanol–water partition coefficient (Wildman–Crippen LogP) is 4.02. The number of carbonyl (C=O) groups is 1. The van der Waals surface area contributed by atoms with Crippen LogP contribution in [0.4, 0.5) is 5.69 Å². The highest BCUT2D eigenvalue weighted by atomic mass is 16.5. The van der Waals surface area contributed by atoms with E-state index in [1.165, 1.54) is 0 Å². The number of carbonyl (C=O) groups excluding carboxylic acids is 1. The van der Waals surface area contributed by atoms with Crippen molar-refractivity contribution in [3.8, 4) is 5.75 Å². The summed E-state index contributed by atoms with van der Waals surface area (Å²) in [7, 11) is 0. The first-order valence-corrected chi connectivity index (χ1v) is 7.08. The second-order valence-corrected chi connectivity index (χ2v) is 5.33. The van der Waals surface area contributed by atoms with Crippen molar-refractivity contribution in [2.75, 3.05) is 5.32 Å². The maximum absolute atomic E-state index is 12.3. The maximum atomic E-state index is 12.3. The first-order chi connectivity index (χ1) is 9.97. The summed E-state index contributed by atoms with van der Waals surface area (Å²) in [5.74, 6) is 0.563. The van der Waals surface area contributed by atoms with Crippen molar-refractivity contribution < 1.29 is 9.53 Å². The van der Waals surface area contributed by atoms with Gasteiger partial charge in [-0.15, -0.1) is 0 Å². The third kappa shape index (κ3) is 3.85. The fourth-order valence-corrected chi connectivity index (χ4v) is 2.18. The van der Waals surface area contributed by atoms with Gasteiger partial charge in [0.1, 0.15) is 5.75 Å². The minimum atomic E-state index is -0.550. The molecule has 0 aliphatic rings. The lowest BCUT2D eigenvalue weighted by Gasteiger charge is -2.17. The van der Waals surface area contributed by atoms with Crippen LogP contribution in [-0.2, 0) is 4.79 Å². The fraction of sp³-hybridized carbons (Fsp3) is 0.278. The number of aryl methyl sites for hydroxylation is 3. The van der Waals surface area contributed by atoms with Crippen molar-refractivity contribution in [3.05, 3.63) is 59.2 Å². The highest BCUT2D eigenvalue weighted by Crippen LogP contribution is 2.20. The Kier molecular flexibility index (Phi) is 4.63. The van der Waals surface area contributed by atoms with Crippen molar-refractivity contribution >= 4 is 11.6 Å². The molecular weight excluding hydrogens is 262 g/mol. The molecule has 0 heterocycles. The number of para-hydroxylation sites is 1. The highest BCUT2D eigenvalue weighted by molar-refractivity contribution is 5.95. The third-order valence-corrected chi connectivity index (χ3v) is 3.40. The first kappa shape index (κ1) is 15.1. The lowest BCUT2D eigenvalue weighted by atomic mass is 10.1. The van der Waals surface area contributed by atoms with Crippen LogP contribution in [0.5, 0.6) is 5.75 Å². The minimum absolute atomic E-state index is 0.145.